The highest BCUT2D eigenvalue weighted by Gasteiger charge is 2.19. The average molecular weight is 863 g/mol. The summed E-state index contributed by atoms with van der Waals surface area (Å²) >= 11 is 0. The fourth-order valence-electron chi connectivity index (χ4n) is 8.34. The molecular formula is C55H106O6. The van der Waals surface area contributed by atoms with Crippen LogP contribution >= 0.6 is 0 Å². The lowest BCUT2D eigenvalue weighted by atomic mass is 10.0. The maximum absolute atomic E-state index is 12.8. The van der Waals surface area contributed by atoms with E-state index in [4.69, 9.17) is 14.2 Å². The molecule has 0 unspecified atom stereocenters. The molecule has 362 valence electrons. The lowest BCUT2D eigenvalue weighted by Crippen LogP contribution is -2.30. The smallest absolute Gasteiger partial charge is 0.306 e. The Labute approximate surface area is 380 Å². The average Bonchev–Trinajstić information content (AvgIpc) is 3.23. The predicted molar refractivity (Wildman–Crippen MR) is 261 cm³/mol. The summed E-state index contributed by atoms with van der Waals surface area (Å²) in [5, 5.41) is 0. The number of ether oxygens (including phenoxy) is 3. The number of hydrogen-bond donors (Lipinski definition) is 0. The van der Waals surface area contributed by atoms with Gasteiger partial charge in [-0.2, -0.15) is 0 Å². The van der Waals surface area contributed by atoms with Gasteiger partial charge in [-0.1, -0.05) is 266 Å². The van der Waals surface area contributed by atoms with E-state index in [0.717, 1.165) is 76.0 Å². The zero-order valence-electron chi connectivity index (χ0n) is 41.8. The van der Waals surface area contributed by atoms with Gasteiger partial charge in [-0.15, -0.1) is 0 Å². The van der Waals surface area contributed by atoms with E-state index < -0.39 is 6.10 Å². The normalized spacial score (nSPS) is 12.0. The number of carbonyl (C=O) groups is 3. The molecule has 0 aromatic heterocycles. The molecule has 0 N–H and O–H groups in total. The first-order chi connectivity index (χ1) is 29.7. The second-order valence-corrected chi connectivity index (χ2v) is 19.8. The van der Waals surface area contributed by atoms with Crippen molar-refractivity contribution in [2.24, 2.45) is 11.8 Å². The zero-order chi connectivity index (χ0) is 44.7. The van der Waals surface area contributed by atoms with Gasteiger partial charge in [0.1, 0.15) is 13.2 Å². The molecule has 0 aliphatic rings. The molecule has 0 bridgehead atoms. The van der Waals surface area contributed by atoms with Gasteiger partial charge in [-0.3, -0.25) is 14.4 Å². The second-order valence-electron chi connectivity index (χ2n) is 19.8. The van der Waals surface area contributed by atoms with Crippen molar-refractivity contribution in [3.63, 3.8) is 0 Å². The molecule has 61 heavy (non-hydrogen) atoms. The minimum Gasteiger partial charge on any atom is -0.462 e. The quantitative estimate of drug-likeness (QED) is 0.0344. The van der Waals surface area contributed by atoms with E-state index in [2.05, 4.69) is 34.6 Å². The molecule has 0 spiro atoms. The van der Waals surface area contributed by atoms with E-state index >= 15 is 0 Å². The van der Waals surface area contributed by atoms with Gasteiger partial charge in [0.05, 0.1) is 0 Å². The van der Waals surface area contributed by atoms with Crippen molar-refractivity contribution in [3.8, 4) is 0 Å². The molecule has 6 heteroatoms. The molecule has 0 aliphatic carbocycles. The highest BCUT2D eigenvalue weighted by Crippen LogP contribution is 2.18. The van der Waals surface area contributed by atoms with E-state index in [1.165, 1.54) is 186 Å². The number of hydrogen-bond acceptors (Lipinski definition) is 6. The third kappa shape index (κ3) is 49.3. The summed E-state index contributed by atoms with van der Waals surface area (Å²) in [6.07, 6.45) is 49.9. The van der Waals surface area contributed by atoms with Crippen LogP contribution in [0.4, 0.5) is 0 Å². The van der Waals surface area contributed by atoms with Crippen molar-refractivity contribution in [1.82, 2.24) is 0 Å². The van der Waals surface area contributed by atoms with Gasteiger partial charge < -0.3 is 14.2 Å². The van der Waals surface area contributed by atoms with Gasteiger partial charge in [-0.25, -0.2) is 0 Å². The van der Waals surface area contributed by atoms with Crippen LogP contribution in [0.2, 0.25) is 0 Å². The van der Waals surface area contributed by atoms with Crippen LogP contribution in [-0.4, -0.2) is 37.2 Å². The molecule has 0 rings (SSSR count). The van der Waals surface area contributed by atoms with Crippen LogP contribution in [0.1, 0.15) is 304 Å². The summed E-state index contributed by atoms with van der Waals surface area (Å²) in [6, 6.07) is 0. The van der Waals surface area contributed by atoms with Gasteiger partial charge in [0.15, 0.2) is 6.10 Å². The standard InChI is InChI=1S/C55H106O6/c1-6-7-8-33-40-45-53(56)59-48-52(61-55(58)47-42-37-32-28-24-20-16-12-10-14-18-22-26-30-35-39-44-51(4)5)49-60-54(57)46-41-36-31-27-23-19-15-11-9-13-17-21-25-29-34-38-43-50(2)3/h50-52H,6-49H2,1-5H3/t52-/m1/s1. The third-order valence-corrected chi connectivity index (χ3v) is 12.5. The van der Waals surface area contributed by atoms with Crippen LogP contribution in [0.5, 0.6) is 0 Å². The van der Waals surface area contributed by atoms with Crippen LogP contribution in [0, 0.1) is 11.8 Å². The van der Waals surface area contributed by atoms with Crippen molar-refractivity contribution < 1.29 is 28.6 Å². The highest BCUT2D eigenvalue weighted by molar-refractivity contribution is 5.71. The van der Waals surface area contributed by atoms with Crippen molar-refractivity contribution in [2.75, 3.05) is 13.2 Å². The van der Waals surface area contributed by atoms with Gasteiger partial charge in [0, 0.05) is 19.3 Å². The second kappa shape index (κ2) is 47.9. The topological polar surface area (TPSA) is 78.9 Å². The minimum atomic E-state index is -0.760. The predicted octanol–water partition coefficient (Wildman–Crippen LogP) is 17.7. The Morgan fingerprint density at radius 3 is 0.803 bits per heavy atom. The fraction of sp³-hybridized carbons (Fsp3) is 0.945. The Morgan fingerprint density at radius 1 is 0.311 bits per heavy atom. The summed E-state index contributed by atoms with van der Waals surface area (Å²) in [4.78, 5) is 37.7. The molecule has 0 aliphatic heterocycles. The van der Waals surface area contributed by atoms with Crippen molar-refractivity contribution >= 4 is 17.9 Å². The van der Waals surface area contributed by atoms with E-state index in [-0.39, 0.29) is 31.1 Å². The van der Waals surface area contributed by atoms with E-state index in [9.17, 15) is 14.4 Å². The molecule has 0 saturated carbocycles. The lowest BCUT2D eigenvalue weighted by molar-refractivity contribution is -0.167. The molecule has 0 radical (unpaired) electrons. The summed E-state index contributed by atoms with van der Waals surface area (Å²) < 4.78 is 16.7. The third-order valence-electron chi connectivity index (χ3n) is 12.5. The van der Waals surface area contributed by atoms with Gasteiger partial charge >= 0.3 is 17.9 Å². The first kappa shape index (κ1) is 59.4. The van der Waals surface area contributed by atoms with Crippen molar-refractivity contribution in [3.05, 3.63) is 0 Å². The van der Waals surface area contributed by atoms with Crippen molar-refractivity contribution in [2.45, 2.75) is 310 Å². The van der Waals surface area contributed by atoms with Gasteiger partial charge in [0.2, 0.25) is 0 Å². The maximum Gasteiger partial charge on any atom is 0.306 e. The molecule has 0 aromatic carbocycles. The Morgan fingerprint density at radius 2 is 0.541 bits per heavy atom. The monoisotopic (exact) mass is 863 g/mol. The maximum atomic E-state index is 12.8. The molecule has 0 saturated heterocycles. The molecule has 0 heterocycles. The Balaban J connectivity index is 4.07. The van der Waals surface area contributed by atoms with Crippen LogP contribution < -0.4 is 0 Å². The van der Waals surface area contributed by atoms with Crippen LogP contribution in [-0.2, 0) is 28.6 Å². The molecule has 1 atom stereocenters. The molecular weight excluding hydrogens is 757 g/mol. The number of carbonyl (C=O) groups excluding carboxylic acids is 3. The molecule has 0 aromatic rings. The van der Waals surface area contributed by atoms with Crippen LogP contribution in [0.15, 0.2) is 0 Å². The largest absolute Gasteiger partial charge is 0.462 e. The molecule has 0 amide bonds. The van der Waals surface area contributed by atoms with E-state index in [1.54, 1.807) is 0 Å². The number of unbranched alkanes of at least 4 members (excludes halogenated alkanes) is 34. The van der Waals surface area contributed by atoms with Crippen LogP contribution in [0.25, 0.3) is 0 Å². The Bertz CT molecular complexity index is 931. The highest BCUT2D eigenvalue weighted by atomic mass is 16.6. The van der Waals surface area contributed by atoms with E-state index in [0.29, 0.717) is 19.3 Å². The van der Waals surface area contributed by atoms with E-state index in [1.807, 2.05) is 0 Å². The number of rotatable bonds is 49. The SMILES string of the molecule is CCCCCCCC(=O)OC[C@H](COC(=O)CCCCCCCCCCCCCCCCCCC(C)C)OC(=O)CCCCCCCCCCCCCCCCCCC(C)C. The van der Waals surface area contributed by atoms with Gasteiger partial charge in [-0.05, 0) is 31.1 Å². The summed E-state index contributed by atoms with van der Waals surface area (Å²) in [7, 11) is 0. The molecule has 0 fully saturated rings. The first-order valence-corrected chi connectivity index (χ1v) is 27.2. The zero-order valence-corrected chi connectivity index (χ0v) is 41.8. The van der Waals surface area contributed by atoms with Crippen LogP contribution in [0.3, 0.4) is 0 Å². The lowest BCUT2D eigenvalue weighted by Gasteiger charge is -2.18. The number of esters is 3. The minimum absolute atomic E-state index is 0.0641. The van der Waals surface area contributed by atoms with Gasteiger partial charge in [0.25, 0.3) is 0 Å². The fourth-order valence-corrected chi connectivity index (χ4v) is 8.34. The Hall–Kier alpha value is -1.59. The van der Waals surface area contributed by atoms with Crippen molar-refractivity contribution in [1.29, 1.82) is 0 Å². The Kier molecular flexibility index (Phi) is 46.6. The summed E-state index contributed by atoms with van der Waals surface area (Å²) in [6.45, 7) is 11.3. The summed E-state index contributed by atoms with van der Waals surface area (Å²) in [5.41, 5.74) is 0. The molecule has 6 nitrogen and oxygen atoms in total. The summed E-state index contributed by atoms with van der Waals surface area (Å²) in [5.74, 6) is 0.846. The first-order valence-electron chi connectivity index (χ1n) is 27.2.